The first kappa shape index (κ1) is 16.3. The maximum absolute atomic E-state index is 13.0. The van der Waals surface area contributed by atoms with Gasteiger partial charge in [-0.1, -0.05) is 28.1 Å². The fraction of sp³-hybridized carbons (Fsp3) is 0.455. The van der Waals surface area contributed by atoms with E-state index in [4.69, 9.17) is 5.11 Å². The van der Waals surface area contributed by atoms with Gasteiger partial charge in [-0.3, -0.25) is 0 Å². The van der Waals surface area contributed by atoms with Crippen molar-refractivity contribution >= 4 is 15.9 Å². The van der Waals surface area contributed by atoms with E-state index in [1.54, 1.807) is 0 Å². The molecule has 0 spiro atoms. The predicted molar refractivity (Wildman–Crippen MR) is 59.6 cm³/mol. The number of rotatable bonds is 3. The Kier molecular flexibility index (Phi) is 4.56. The molecule has 0 aliphatic rings. The Labute approximate surface area is 113 Å². The third kappa shape index (κ3) is 2.89. The summed E-state index contributed by atoms with van der Waals surface area (Å²) in [5.74, 6) is 0. The number of halogens is 7. The van der Waals surface area contributed by atoms with Crippen LogP contribution in [0.2, 0.25) is 0 Å². The van der Waals surface area contributed by atoms with Crippen molar-refractivity contribution in [1.29, 1.82) is 0 Å². The largest absolute Gasteiger partial charge is 0.407 e. The van der Waals surface area contributed by atoms with Gasteiger partial charge in [0.1, 0.15) is 0 Å². The molecule has 0 saturated heterocycles. The summed E-state index contributed by atoms with van der Waals surface area (Å²) in [6, 6.07) is 3.69. The molecule has 0 saturated carbocycles. The molecule has 0 aliphatic carbocycles. The van der Waals surface area contributed by atoms with E-state index < -0.39 is 36.4 Å². The first-order valence-corrected chi connectivity index (χ1v) is 5.86. The molecular weight excluding hydrogens is 342 g/mol. The van der Waals surface area contributed by atoms with Gasteiger partial charge in [-0.2, -0.15) is 26.3 Å². The minimum absolute atomic E-state index is 0.360. The standard InChI is InChI=1S/C11H9BrF6O/c12-8-3-1-7(2-4-8)9(5-6-19,10(13,14)15)11(16,17)18/h1-4,19H,5-6H2. The van der Waals surface area contributed by atoms with Gasteiger partial charge in [0.2, 0.25) is 0 Å². The lowest BCUT2D eigenvalue weighted by Crippen LogP contribution is -2.54. The summed E-state index contributed by atoms with van der Waals surface area (Å²) in [5.41, 5.74) is -5.00. The van der Waals surface area contributed by atoms with Crippen LogP contribution in [0.15, 0.2) is 28.7 Å². The summed E-state index contributed by atoms with van der Waals surface area (Å²) in [6.45, 7) is -1.23. The SMILES string of the molecule is OCCC(c1ccc(Br)cc1)(C(F)(F)F)C(F)(F)F. The van der Waals surface area contributed by atoms with Crippen LogP contribution in [-0.2, 0) is 5.41 Å². The molecule has 108 valence electrons. The van der Waals surface area contributed by atoms with E-state index in [1.165, 1.54) is 0 Å². The van der Waals surface area contributed by atoms with Crippen LogP contribution in [-0.4, -0.2) is 24.1 Å². The molecule has 0 atom stereocenters. The second kappa shape index (κ2) is 5.32. The molecule has 1 N–H and O–H groups in total. The van der Waals surface area contributed by atoms with Gasteiger partial charge in [-0.05, 0) is 24.1 Å². The molecule has 0 bridgehead atoms. The third-order valence-corrected chi connectivity index (χ3v) is 3.32. The molecule has 1 aromatic rings. The summed E-state index contributed by atoms with van der Waals surface area (Å²) < 4.78 is 78.4. The maximum Gasteiger partial charge on any atom is 0.407 e. The quantitative estimate of drug-likeness (QED) is 0.810. The van der Waals surface area contributed by atoms with Crippen LogP contribution in [0.1, 0.15) is 12.0 Å². The zero-order valence-electron chi connectivity index (χ0n) is 9.32. The lowest BCUT2D eigenvalue weighted by Gasteiger charge is -2.37. The molecule has 0 heterocycles. The average molecular weight is 351 g/mol. The molecular formula is C11H9BrF6O. The number of hydrogen-bond donors (Lipinski definition) is 1. The highest BCUT2D eigenvalue weighted by Crippen LogP contribution is 2.54. The van der Waals surface area contributed by atoms with E-state index in [0.29, 0.717) is 4.47 Å². The fourth-order valence-corrected chi connectivity index (χ4v) is 2.08. The summed E-state index contributed by atoms with van der Waals surface area (Å²) in [6.07, 6.45) is -12.6. The van der Waals surface area contributed by atoms with Crippen molar-refractivity contribution in [3.63, 3.8) is 0 Å². The number of aliphatic hydroxyl groups excluding tert-OH is 1. The normalized spacial score (nSPS) is 13.7. The van der Waals surface area contributed by atoms with Gasteiger partial charge >= 0.3 is 12.4 Å². The smallest absolute Gasteiger partial charge is 0.396 e. The van der Waals surface area contributed by atoms with Crippen LogP contribution in [0.5, 0.6) is 0 Å². The Balaban J connectivity index is 3.52. The average Bonchev–Trinajstić information content (AvgIpc) is 2.24. The van der Waals surface area contributed by atoms with Crippen molar-refractivity contribution in [2.45, 2.75) is 24.2 Å². The van der Waals surface area contributed by atoms with E-state index in [0.717, 1.165) is 24.3 Å². The first-order chi connectivity index (χ1) is 8.56. The minimum Gasteiger partial charge on any atom is -0.396 e. The topological polar surface area (TPSA) is 20.2 Å². The molecule has 0 aliphatic heterocycles. The van der Waals surface area contributed by atoms with Gasteiger partial charge in [0.15, 0.2) is 5.41 Å². The fourth-order valence-electron chi connectivity index (χ4n) is 1.82. The zero-order valence-corrected chi connectivity index (χ0v) is 10.9. The zero-order chi connectivity index (χ0) is 14.9. The van der Waals surface area contributed by atoms with Gasteiger partial charge in [-0.15, -0.1) is 0 Å². The monoisotopic (exact) mass is 350 g/mol. The van der Waals surface area contributed by atoms with E-state index in [1.807, 2.05) is 0 Å². The van der Waals surface area contributed by atoms with E-state index in [2.05, 4.69) is 15.9 Å². The van der Waals surface area contributed by atoms with E-state index in [9.17, 15) is 26.3 Å². The van der Waals surface area contributed by atoms with E-state index >= 15 is 0 Å². The number of benzene rings is 1. The van der Waals surface area contributed by atoms with Crippen molar-refractivity contribution < 1.29 is 31.4 Å². The lowest BCUT2D eigenvalue weighted by atomic mass is 9.76. The molecule has 19 heavy (non-hydrogen) atoms. The van der Waals surface area contributed by atoms with Gasteiger partial charge < -0.3 is 5.11 Å². The Morgan fingerprint density at radius 3 is 1.63 bits per heavy atom. The highest BCUT2D eigenvalue weighted by atomic mass is 79.9. The number of alkyl halides is 6. The van der Waals surface area contributed by atoms with Gasteiger partial charge in [0.25, 0.3) is 0 Å². The summed E-state index contributed by atoms with van der Waals surface area (Å²) >= 11 is 2.94. The lowest BCUT2D eigenvalue weighted by molar-refractivity contribution is -0.306. The third-order valence-electron chi connectivity index (χ3n) is 2.79. The van der Waals surface area contributed by atoms with Crippen LogP contribution in [0, 0.1) is 0 Å². The second-order valence-corrected chi connectivity index (χ2v) is 4.80. The van der Waals surface area contributed by atoms with Crippen LogP contribution in [0.3, 0.4) is 0 Å². The van der Waals surface area contributed by atoms with Gasteiger partial charge in [0, 0.05) is 11.1 Å². The Morgan fingerprint density at radius 1 is 0.895 bits per heavy atom. The Hall–Kier alpha value is -0.760. The van der Waals surface area contributed by atoms with Crippen molar-refractivity contribution in [1.82, 2.24) is 0 Å². The van der Waals surface area contributed by atoms with Crippen LogP contribution < -0.4 is 0 Å². The van der Waals surface area contributed by atoms with Crippen molar-refractivity contribution in [3.05, 3.63) is 34.3 Å². The highest BCUT2D eigenvalue weighted by Gasteiger charge is 2.70. The van der Waals surface area contributed by atoms with Crippen molar-refractivity contribution in [2.75, 3.05) is 6.61 Å². The van der Waals surface area contributed by atoms with Gasteiger partial charge in [0.05, 0.1) is 0 Å². The van der Waals surface area contributed by atoms with Crippen molar-refractivity contribution in [3.8, 4) is 0 Å². The van der Waals surface area contributed by atoms with E-state index in [-0.39, 0.29) is 0 Å². The molecule has 0 radical (unpaired) electrons. The molecule has 1 aromatic carbocycles. The maximum atomic E-state index is 13.0. The Bertz CT molecular complexity index is 408. The molecule has 0 fully saturated rings. The molecule has 1 rings (SSSR count). The van der Waals surface area contributed by atoms with Crippen LogP contribution in [0.25, 0.3) is 0 Å². The second-order valence-electron chi connectivity index (χ2n) is 3.88. The molecule has 0 amide bonds. The Morgan fingerprint density at radius 2 is 1.32 bits per heavy atom. The first-order valence-electron chi connectivity index (χ1n) is 5.06. The predicted octanol–water partition coefficient (Wildman–Crippen LogP) is 4.19. The molecule has 0 aromatic heterocycles. The summed E-state index contributed by atoms with van der Waals surface area (Å²) in [4.78, 5) is 0. The van der Waals surface area contributed by atoms with Crippen molar-refractivity contribution in [2.24, 2.45) is 0 Å². The molecule has 0 unspecified atom stereocenters. The summed E-state index contributed by atoms with van der Waals surface area (Å²) in [7, 11) is 0. The van der Waals surface area contributed by atoms with Crippen LogP contribution >= 0.6 is 15.9 Å². The highest BCUT2D eigenvalue weighted by molar-refractivity contribution is 9.10. The number of hydrogen-bond acceptors (Lipinski definition) is 1. The van der Waals surface area contributed by atoms with Crippen LogP contribution in [0.4, 0.5) is 26.3 Å². The molecule has 1 nitrogen and oxygen atoms in total. The van der Waals surface area contributed by atoms with Gasteiger partial charge in [-0.25, -0.2) is 0 Å². The minimum atomic E-state index is -5.55. The summed E-state index contributed by atoms with van der Waals surface area (Å²) in [5, 5.41) is 8.64. The number of aliphatic hydroxyl groups is 1. The molecule has 8 heteroatoms.